The van der Waals surface area contributed by atoms with Gasteiger partial charge in [0, 0.05) is 22.6 Å². The van der Waals surface area contributed by atoms with Gasteiger partial charge in [-0.05, 0) is 31.1 Å². The molecule has 7 nitrogen and oxygen atoms in total. The molecule has 0 saturated heterocycles. The molecule has 33 heavy (non-hydrogen) atoms. The van der Waals surface area contributed by atoms with Crippen LogP contribution < -0.4 is 0 Å². The third kappa shape index (κ3) is 5.80. The van der Waals surface area contributed by atoms with E-state index in [2.05, 4.69) is 31.4 Å². The average molecular weight is 523 g/mol. The lowest BCUT2D eigenvalue weighted by Crippen LogP contribution is -2.07. The van der Waals surface area contributed by atoms with Crippen molar-refractivity contribution in [3.63, 3.8) is 0 Å². The zero-order valence-corrected chi connectivity index (χ0v) is 21.8. The van der Waals surface area contributed by atoms with Crippen molar-refractivity contribution in [1.29, 1.82) is 0 Å². The number of aromatic nitrogens is 3. The summed E-state index contributed by atoms with van der Waals surface area (Å²) in [5.41, 5.74) is 5.04. The second-order valence-electron chi connectivity index (χ2n) is 7.57. The lowest BCUT2D eigenvalue weighted by atomic mass is 9.97. The van der Waals surface area contributed by atoms with Gasteiger partial charge >= 0.3 is 6.15 Å². The predicted molar refractivity (Wildman–Crippen MR) is 134 cm³/mol. The van der Waals surface area contributed by atoms with Gasteiger partial charge in [-0.25, -0.2) is 9.67 Å². The monoisotopic (exact) mass is 522 g/mol. The maximum absolute atomic E-state index is 8.12. The van der Waals surface area contributed by atoms with E-state index in [0.29, 0.717) is 15.3 Å². The van der Waals surface area contributed by atoms with E-state index < -0.39 is 0 Å². The van der Waals surface area contributed by atoms with Crippen molar-refractivity contribution >= 4 is 64.4 Å². The molecule has 3 heterocycles. The minimum absolute atomic E-state index is 0.141. The molecule has 0 bridgehead atoms. The van der Waals surface area contributed by atoms with Crippen LogP contribution in [0.4, 0.5) is 0 Å². The van der Waals surface area contributed by atoms with Gasteiger partial charge in [0.1, 0.15) is 5.92 Å². The van der Waals surface area contributed by atoms with E-state index in [-0.39, 0.29) is 12.1 Å². The third-order valence-corrected chi connectivity index (χ3v) is 7.72. The number of thioether (sulfide) groups is 1. The Morgan fingerprint density at radius 3 is 2.48 bits per heavy atom. The van der Waals surface area contributed by atoms with Crippen molar-refractivity contribution in [3.05, 3.63) is 45.7 Å². The Hall–Kier alpha value is -2.29. The van der Waals surface area contributed by atoms with Crippen LogP contribution in [0.3, 0.4) is 0 Å². The maximum atomic E-state index is 8.12. The number of hydrogen-bond donors (Lipinski definition) is 0. The molecular formula is C22H22Cl2N5O2S2+. The summed E-state index contributed by atoms with van der Waals surface area (Å²) in [7, 11) is 1.95. The van der Waals surface area contributed by atoms with Gasteiger partial charge in [-0.2, -0.15) is 14.7 Å². The number of thiazole rings is 1. The summed E-state index contributed by atoms with van der Waals surface area (Å²) in [6, 6.07) is 5.64. The first-order chi connectivity index (χ1) is 15.6. The minimum Gasteiger partial charge on any atom is -0.217 e. The highest BCUT2D eigenvalue weighted by atomic mass is 35.5. The van der Waals surface area contributed by atoms with Gasteiger partial charge in [-0.1, -0.05) is 59.1 Å². The van der Waals surface area contributed by atoms with E-state index in [4.69, 9.17) is 42.9 Å². The van der Waals surface area contributed by atoms with E-state index in [1.807, 2.05) is 48.5 Å². The number of halogens is 2. The summed E-state index contributed by atoms with van der Waals surface area (Å²) in [6.45, 7) is 8.42. The molecule has 1 atom stereocenters. The van der Waals surface area contributed by atoms with Gasteiger partial charge in [-0.15, -0.1) is 11.8 Å². The van der Waals surface area contributed by atoms with E-state index in [9.17, 15) is 0 Å². The molecule has 4 rings (SSSR count). The lowest BCUT2D eigenvalue weighted by Gasteiger charge is -2.05. The Labute approximate surface area is 210 Å². The quantitative estimate of drug-likeness (QED) is 0.316. The molecule has 1 unspecified atom stereocenters. The number of rotatable bonds is 5. The van der Waals surface area contributed by atoms with E-state index >= 15 is 0 Å². The SMILES string of the molecule is CC1=N[N+](C)=CC1c1cn(-c2nc(-c3ccc(Cl)c(Cl)c3)c(SC(C)C)s2)nc1C.O=C=O. The molecule has 1 aromatic carbocycles. The Bertz CT molecular complexity index is 1270. The number of benzene rings is 1. The maximum Gasteiger partial charge on any atom is 0.373 e. The van der Waals surface area contributed by atoms with Crippen molar-refractivity contribution in [2.45, 2.75) is 43.1 Å². The highest BCUT2D eigenvalue weighted by molar-refractivity contribution is 8.01. The average Bonchev–Trinajstić information content (AvgIpc) is 3.41. The largest absolute Gasteiger partial charge is 0.373 e. The fourth-order valence-corrected chi connectivity index (χ4v) is 6.11. The molecular weight excluding hydrogens is 501 g/mol. The zero-order chi connectivity index (χ0) is 24.3. The first-order valence-corrected chi connectivity index (χ1v) is 12.4. The standard InChI is InChI=1S/C21H22Cl2N5S2.CO2/c1-11(2)29-20-19(14-6-7-17(22)18(23)8-14)24-21(30-20)28-10-16(13(4)26-28)15-9-27(5)25-12(15)3;2-1-3/h6-11,15H,1-5H3;/q+1;. The van der Waals surface area contributed by atoms with Gasteiger partial charge in [0.05, 0.1) is 31.4 Å². The molecule has 0 N–H and O–H groups in total. The smallest absolute Gasteiger partial charge is 0.217 e. The molecule has 0 amide bonds. The predicted octanol–water partition coefficient (Wildman–Crippen LogP) is 5.71. The van der Waals surface area contributed by atoms with E-state index in [1.54, 1.807) is 23.1 Å². The van der Waals surface area contributed by atoms with E-state index in [0.717, 1.165) is 37.6 Å². The van der Waals surface area contributed by atoms with Crippen LogP contribution in [0.2, 0.25) is 10.0 Å². The number of hydrogen-bond acceptors (Lipinski definition) is 7. The summed E-state index contributed by atoms with van der Waals surface area (Å²) in [4.78, 5) is 21.2. The number of aryl methyl sites for hydroxylation is 1. The van der Waals surface area contributed by atoms with Crippen LogP contribution in [0.25, 0.3) is 16.4 Å². The highest BCUT2D eigenvalue weighted by Gasteiger charge is 2.28. The number of nitrogens with zero attached hydrogens (tertiary/aromatic N) is 5. The fourth-order valence-electron chi connectivity index (χ4n) is 3.36. The molecule has 2 aromatic heterocycles. The minimum atomic E-state index is 0.141. The summed E-state index contributed by atoms with van der Waals surface area (Å²) in [5, 5.41) is 11.6. The van der Waals surface area contributed by atoms with Gasteiger partial charge < -0.3 is 0 Å². The fraction of sp³-hybridized carbons (Fsp3) is 0.318. The first-order valence-electron chi connectivity index (χ1n) is 9.96. The van der Waals surface area contributed by atoms with Crippen molar-refractivity contribution < 1.29 is 14.3 Å². The van der Waals surface area contributed by atoms with Crippen LogP contribution in [0.5, 0.6) is 0 Å². The van der Waals surface area contributed by atoms with Gasteiger partial charge in [0.2, 0.25) is 5.13 Å². The van der Waals surface area contributed by atoms with Crippen LogP contribution in [-0.2, 0) is 9.59 Å². The summed E-state index contributed by atoms with van der Waals surface area (Å²) >= 11 is 15.8. The Balaban J connectivity index is 0.000000968. The first kappa shape index (κ1) is 25.3. The van der Waals surface area contributed by atoms with Crippen molar-refractivity contribution in [3.8, 4) is 16.4 Å². The number of carbonyl (C=O) groups excluding carboxylic acids is 2. The number of hydrazone groups is 1. The van der Waals surface area contributed by atoms with Crippen LogP contribution in [0, 0.1) is 6.92 Å². The Morgan fingerprint density at radius 1 is 1.21 bits per heavy atom. The van der Waals surface area contributed by atoms with Crippen LogP contribution >= 0.6 is 46.3 Å². The second kappa shape index (κ2) is 10.8. The lowest BCUT2D eigenvalue weighted by molar-refractivity contribution is -0.495. The molecule has 11 heteroatoms. The molecule has 0 fully saturated rings. The molecule has 0 saturated carbocycles. The second-order valence-corrected chi connectivity index (χ2v) is 11.2. The molecule has 172 valence electrons. The van der Waals surface area contributed by atoms with Crippen molar-refractivity contribution in [2.24, 2.45) is 5.10 Å². The molecule has 0 radical (unpaired) electrons. The van der Waals surface area contributed by atoms with Crippen LogP contribution in [0.15, 0.2) is 33.7 Å². The Kier molecular flexibility index (Phi) is 8.26. The van der Waals surface area contributed by atoms with Crippen molar-refractivity contribution in [2.75, 3.05) is 7.05 Å². The normalized spacial score (nSPS) is 15.1. The highest BCUT2D eigenvalue weighted by Crippen LogP contribution is 2.41. The van der Waals surface area contributed by atoms with Gasteiger partial charge in [0.15, 0.2) is 13.3 Å². The Morgan fingerprint density at radius 2 is 1.91 bits per heavy atom. The molecule has 0 aliphatic carbocycles. The summed E-state index contributed by atoms with van der Waals surface area (Å²) < 4.78 is 4.87. The molecule has 1 aliphatic rings. The molecule has 1 aliphatic heterocycles. The third-order valence-electron chi connectivity index (χ3n) is 4.72. The van der Waals surface area contributed by atoms with Gasteiger partial charge in [-0.3, -0.25) is 0 Å². The molecule has 3 aromatic rings. The van der Waals surface area contributed by atoms with Crippen molar-refractivity contribution in [1.82, 2.24) is 14.8 Å². The summed E-state index contributed by atoms with van der Waals surface area (Å²) in [6.07, 6.45) is 4.42. The topological polar surface area (TPSA) is 80.2 Å². The molecule has 0 spiro atoms. The zero-order valence-electron chi connectivity index (χ0n) is 18.7. The van der Waals surface area contributed by atoms with Crippen LogP contribution in [0.1, 0.15) is 37.9 Å². The van der Waals surface area contributed by atoms with Gasteiger partial charge in [0.25, 0.3) is 0 Å². The van der Waals surface area contributed by atoms with E-state index in [1.165, 1.54) is 0 Å². The summed E-state index contributed by atoms with van der Waals surface area (Å²) in [5.74, 6) is 0.141. The van der Waals surface area contributed by atoms with Crippen LogP contribution in [-0.4, -0.2) is 49.8 Å².